The third-order valence-corrected chi connectivity index (χ3v) is 4.77. The molecule has 0 bridgehead atoms. The summed E-state index contributed by atoms with van der Waals surface area (Å²) in [6.45, 7) is 9.21. The lowest BCUT2D eigenvalue weighted by Crippen LogP contribution is -2.48. The molecule has 0 aliphatic carbocycles. The number of hydrogen-bond donors (Lipinski definition) is 1. The Labute approximate surface area is 123 Å². The van der Waals surface area contributed by atoms with E-state index in [4.69, 9.17) is 0 Å². The molecule has 3 unspecified atom stereocenters. The number of likely N-dealkylation sites (N-methyl/N-ethyl adjacent to an activating group) is 1. The maximum Gasteiger partial charge on any atom is 0.236 e. The van der Waals surface area contributed by atoms with Gasteiger partial charge in [-0.05, 0) is 57.7 Å². The van der Waals surface area contributed by atoms with Crippen LogP contribution in [-0.4, -0.2) is 61.5 Å². The molecule has 4 heteroatoms. The molecule has 2 fully saturated rings. The van der Waals surface area contributed by atoms with E-state index in [1.54, 1.807) is 0 Å². The first-order valence-corrected chi connectivity index (χ1v) is 8.25. The van der Waals surface area contributed by atoms with Gasteiger partial charge in [-0.25, -0.2) is 0 Å². The second-order valence-electron chi connectivity index (χ2n) is 6.99. The van der Waals surface area contributed by atoms with E-state index in [1.165, 1.54) is 19.3 Å². The van der Waals surface area contributed by atoms with Crippen molar-refractivity contribution < 1.29 is 4.79 Å². The van der Waals surface area contributed by atoms with Gasteiger partial charge in [0.2, 0.25) is 5.91 Å². The molecule has 1 N–H and O–H groups in total. The van der Waals surface area contributed by atoms with Crippen molar-refractivity contribution in [3.63, 3.8) is 0 Å². The van der Waals surface area contributed by atoms with Crippen LogP contribution in [0.1, 0.15) is 39.5 Å². The summed E-state index contributed by atoms with van der Waals surface area (Å²) in [5, 5.41) is 3.44. The molecule has 2 heterocycles. The minimum absolute atomic E-state index is 0.322. The lowest BCUT2D eigenvalue weighted by atomic mass is 9.92. The van der Waals surface area contributed by atoms with Crippen molar-refractivity contribution in [2.75, 3.05) is 39.8 Å². The Hall–Kier alpha value is -0.610. The Morgan fingerprint density at radius 2 is 1.90 bits per heavy atom. The predicted octanol–water partition coefficient (Wildman–Crippen LogP) is 1.56. The molecule has 0 aromatic rings. The maximum absolute atomic E-state index is 12.5. The zero-order chi connectivity index (χ0) is 14.5. The number of carbonyl (C=O) groups excluding carboxylic acids is 1. The number of piperidine rings is 1. The van der Waals surface area contributed by atoms with Gasteiger partial charge in [-0.3, -0.25) is 9.69 Å². The molecule has 4 nitrogen and oxygen atoms in total. The number of hydrogen-bond acceptors (Lipinski definition) is 3. The molecule has 20 heavy (non-hydrogen) atoms. The topological polar surface area (TPSA) is 35.6 Å². The SMILES string of the molecule is CC1CC(C)CN(C(=O)CN(C)C2CCCNCC2)C1. The minimum atomic E-state index is 0.322. The van der Waals surface area contributed by atoms with Crippen molar-refractivity contribution in [1.29, 1.82) is 0 Å². The first-order chi connectivity index (χ1) is 9.56. The number of amides is 1. The van der Waals surface area contributed by atoms with Gasteiger partial charge in [-0.15, -0.1) is 0 Å². The fourth-order valence-electron chi connectivity index (χ4n) is 3.75. The number of rotatable bonds is 3. The Morgan fingerprint density at radius 1 is 1.20 bits per heavy atom. The average molecular weight is 281 g/mol. The summed E-state index contributed by atoms with van der Waals surface area (Å²) >= 11 is 0. The van der Waals surface area contributed by atoms with Gasteiger partial charge in [-0.1, -0.05) is 13.8 Å². The van der Waals surface area contributed by atoms with Gasteiger partial charge in [-0.2, -0.15) is 0 Å². The number of carbonyl (C=O) groups is 1. The van der Waals surface area contributed by atoms with Gasteiger partial charge in [0, 0.05) is 19.1 Å². The molecule has 2 rings (SSSR count). The van der Waals surface area contributed by atoms with Gasteiger partial charge in [0.05, 0.1) is 6.54 Å². The summed E-state index contributed by atoms with van der Waals surface area (Å²) in [4.78, 5) is 16.9. The van der Waals surface area contributed by atoms with Crippen LogP contribution in [0.5, 0.6) is 0 Å². The lowest BCUT2D eigenvalue weighted by Gasteiger charge is -2.36. The second-order valence-corrected chi connectivity index (χ2v) is 6.99. The van der Waals surface area contributed by atoms with Crippen LogP contribution in [0.2, 0.25) is 0 Å². The molecule has 0 radical (unpaired) electrons. The highest BCUT2D eigenvalue weighted by atomic mass is 16.2. The van der Waals surface area contributed by atoms with E-state index in [0.717, 1.165) is 32.6 Å². The zero-order valence-corrected chi connectivity index (χ0v) is 13.4. The highest BCUT2D eigenvalue weighted by molar-refractivity contribution is 5.78. The van der Waals surface area contributed by atoms with Crippen LogP contribution in [0.3, 0.4) is 0 Å². The molecular weight excluding hydrogens is 250 g/mol. The third-order valence-electron chi connectivity index (χ3n) is 4.77. The summed E-state index contributed by atoms with van der Waals surface area (Å²) in [5.41, 5.74) is 0. The third kappa shape index (κ3) is 4.45. The standard InChI is InChI=1S/C16H31N3O/c1-13-9-14(2)11-19(10-13)16(20)12-18(3)15-5-4-7-17-8-6-15/h13-15,17H,4-12H2,1-3H3. The van der Waals surface area contributed by atoms with Crippen molar-refractivity contribution in [3.05, 3.63) is 0 Å². The highest BCUT2D eigenvalue weighted by Gasteiger charge is 2.27. The second kappa shape index (κ2) is 7.41. The van der Waals surface area contributed by atoms with Crippen LogP contribution < -0.4 is 5.32 Å². The normalized spacial score (nSPS) is 32.2. The van der Waals surface area contributed by atoms with Crippen LogP contribution >= 0.6 is 0 Å². The van der Waals surface area contributed by atoms with Crippen molar-refractivity contribution in [2.45, 2.75) is 45.6 Å². The van der Waals surface area contributed by atoms with Crippen LogP contribution in [0.15, 0.2) is 0 Å². The van der Waals surface area contributed by atoms with E-state index in [0.29, 0.717) is 30.3 Å². The summed E-state index contributed by atoms with van der Waals surface area (Å²) < 4.78 is 0. The van der Waals surface area contributed by atoms with Crippen LogP contribution in [0.4, 0.5) is 0 Å². The van der Waals surface area contributed by atoms with Crippen LogP contribution in [-0.2, 0) is 4.79 Å². The molecule has 1 amide bonds. The van der Waals surface area contributed by atoms with Crippen molar-refractivity contribution >= 4 is 5.91 Å². The predicted molar refractivity (Wildman–Crippen MR) is 82.7 cm³/mol. The molecule has 2 aliphatic rings. The van der Waals surface area contributed by atoms with Gasteiger partial charge in [0.25, 0.3) is 0 Å². The molecule has 0 aromatic heterocycles. The molecule has 3 atom stereocenters. The lowest BCUT2D eigenvalue weighted by molar-refractivity contribution is -0.135. The van der Waals surface area contributed by atoms with E-state index in [1.807, 2.05) is 0 Å². The highest BCUT2D eigenvalue weighted by Crippen LogP contribution is 2.21. The smallest absolute Gasteiger partial charge is 0.236 e. The van der Waals surface area contributed by atoms with E-state index in [-0.39, 0.29) is 0 Å². The Bertz CT molecular complexity index is 303. The van der Waals surface area contributed by atoms with Gasteiger partial charge >= 0.3 is 0 Å². The van der Waals surface area contributed by atoms with Crippen molar-refractivity contribution in [2.24, 2.45) is 11.8 Å². The Kier molecular flexibility index (Phi) is 5.85. The zero-order valence-electron chi connectivity index (χ0n) is 13.4. The fourth-order valence-corrected chi connectivity index (χ4v) is 3.75. The van der Waals surface area contributed by atoms with Crippen LogP contribution in [0, 0.1) is 11.8 Å². The van der Waals surface area contributed by atoms with E-state index in [2.05, 4.69) is 36.0 Å². The molecule has 0 spiro atoms. The molecule has 0 aromatic carbocycles. The molecule has 116 valence electrons. The van der Waals surface area contributed by atoms with Crippen molar-refractivity contribution in [1.82, 2.24) is 15.1 Å². The Balaban J connectivity index is 1.83. The largest absolute Gasteiger partial charge is 0.341 e. The first kappa shape index (κ1) is 15.8. The van der Waals surface area contributed by atoms with Gasteiger partial charge in [0.1, 0.15) is 0 Å². The fraction of sp³-hybridized carbons (Fsp3) is 0.938. The van der Waals surface area contributed by atoms with E-state index in [9.17, 15) is 4.79 Å². The minimum Gasteiger partial charge on any atom is -0.341 e. The first-order valence-electron chi connectivity index (χ1n) is 8.25. The molecule has 2 aliphatic heterocycles. The summed E-state index contributed by atoms with van der Waals surface area (Å²) in [5.74, 6) is 1.62. The van der Waals surface area contributed by atoms with E-state index >= 15 is 0 Å². The van der Waals surface area contributed by atoms with Crippen LogP contribution in [0.25, 0.3) is 0 Å². The monoisotopic (exact) mass is 281 g/mol. The number of likely N-dealkylation sites (tertiary alicyclic amines) is 1. The Morgan fingerprint density at radius 3 is 2.60 bits per heavy atom. The maximum atomic E-state index is 12.5. The number of nitrogens with one attached hydrogen (secondary N) is 1. The molecule has 2 saturated heterocycles. The molecule has 0 saturated carbocycles. The van der Waals surface area contributed by atoms with Gasteiger partial charge < -0.3 is 10.2 Å². The summed E-state index contributed by atoms with van der Waals surface area (Å²) in [7, 11) is 2.12. The average Bonchev–Trinajstić information content (AvgIpc) is 2.66. The summed E-state index contributed by atoms with van der Waals surface area (Å²) in [6.07, 6.45) is 4.86. The molecular formula is C16H31N3O. The van der Waals surface area contributed by atoms with E-state index < -0.39 is 0 Å². The summed E-state index contributed by atoms with van der Waals surface area (Å²) in [6, 6.07) is 0.564. The quantitative estimate of drug-likeness (QED) is 0.853. The van der Waals surface area contributed by atoms with Crippen molar-refractivity contribution in [3.8, 4) is 0 Å². The van der Waals surface area contributed by atoms with Gasteiger partial charge in [0.15, 0.2) is 0 Å². The number of nitrogens with zero attached hydrogens (tertiary/aromatic N) is 2.